The number of carbonyl (C=O) groups excluding carboxylic acids is 3. The summed E-state index contributed by atoms with van der Waals surface area (Å²) in [6.45, 7) is 3.12. The van der Waals surface area contributed by atoms with Crippen LogP contribution < -0.4 is 0 Å². The van der Waals surface area contributed by atoms with E-state index in [0.717, 1.165) is 6.92 Å². The minimum absolute atomic E-state index is 0.122. The maximum Gasteiger partial charge on any atom is 0.427 e. The predicted molar refractivity (Wildman–Crippen MR) is 98.4 cm³/mol. The van der Waals surface area contributed by atoms with Gasteiger partial charge in [0.25, 0.3) is 11.2 Å². The second-order valence-corrected chi connectivity index (χ2v) is 8.92. The number of hydrogen-bond acceptors (Lipinski definition) is 8. The maximum atomic E-state index is 12.8. The van der Waals surface area contributed by atoms with Crippen molar-refractivity contribution in [2.45, 2.75) is 71.5 Å². The fourth-order valence-electron chi connectivity index (χ4n) is 1.70. The zero-order valence-electron chi connectivity index (χ0n) is 18.9. The van der Waals surface area contributed by atoms with Crippen LogP contribution in [0.15, 0.2) is 0 Å². The number of alkyl halides is 6. The summed E-state index contributed by atoms with van der Waals surface area (Å²) in [5.41, 5.74) is -10.7. The van der Waals surface area contributed by atoms with E-state index in [0.29, 0.717) is 6.42 Å². The van der Waals surface area contributed by atoms with Crippen molar-refractivity contribution in [3.05, 3.63) is 0 Å². The molecule has 14 heteroatoms. The van der Waals surface area contributed by atoms with Crippen molar-refractivity contribution >= 4 is 17.9 Å². The first-order chi connectivity index (χ1) is 14.4. The van der Waals surface area contributed by atoms with Crippen molar-refractivity contribution in [2.75, 3.05) is 19.8 Å². The van der Waals surface area contributed by atoms with Crippen LogP contribution in [-0.2, 0) is 28.6 Å². The predicted octanol–water partition coefficient (Wildman–Crippen LogP) is 2.69. The molecule has 33 heavy (non-hydrogen) atoms. The Balaban J connectivity index is 5.62. The molecule has 2 atom stereocenters. The minimum atomic E-state index is -5.41. The molecule has 0 amide bonds. The Morgan fingerprint density at radius 1 is 0.636 bits per heavy atom. The van der Waals surface area contributed by atoms with Crippen molar-refractivity contribution in [2.24, 2.45) is 10.8 Å². The Morgan fingerprint density at radius 2 is 0.909 bits per heavy atom. The molecule has 0 rings (SSSR count). The van der Waals surface area contributed by atoms with Crippen LogP contribution in [0, 0.1) is 10.8 Å². The van der Waals surface area contributed by atoms with Gasteiger partial charge < -0.3 is 24.4 Å². The second kappa shape index (κ2) is 10.0. The number of rotatable bonds is 10. The molecule has 0 aromatic heterocycles. The highest BCUT2D eigenvalue weighted by Gasteiger charge is 2.58. The Labute approximate surface area is 186 Å². The summed E-state index contributed by atoms with van der Waals surface area (Å²) in [5.74, 6) is -5.08. The fraction of sp³-hybridized carbons (Fsp3) is 0.842. The van der Waals surface area contributed by atoms with E-state index in [9.17, 15) is 50.9 Å². The molecule has 0 aliphatic rings. The Bertz CT molecular complexity index is 683. The average molecular weight is 498 g/mol. The molecular weight excluding hydrogens is 470 g/mol. The van der Waals surface area contributed by atoms with E-state index in [2.05, 4.69) is 9.47 Å². The highest BCUT2D eigenvalue weighted by atomic mass is 19.4. The molecular formula is C19H28F6O8. The van der Waals surface area contributed by atoms with Gasteiger partial charge in [-0.05, 0) is 41.0 Å². The lowest BCUT2D eigenvalue weighted by atomic mass is 9.90. The monoisotopic (exact) mass is 498 g/mol. The zero-order chi connectivity index (χ0) is 26.7. The highest BCUT2D eigenvalue weighted by Crippen LogP contribution is 2.34. The molecule has 0 bridgehead atoms. The third kappa shape index (κ3) is 7.73. The largest absolute Gasteiger partial charge is 0.464 e. The van der Waals surface area contributed by atoms with Gasteiger partial charge in [0, 0.05) is 0 Å². The zero-order valence-corrected chi connectivity index (χ0v) is 18.9. The van der Waals surface area contributed by atoms with Crippen LogP contribution in [0.4, 0.5) is 26.3 Å². The fourth-order valence-corrected chi connectivity index (χ4v) is 1.70. The molecule has 8 nitrogen and oxygen atoms in total. The lowest BCUT2D eigenvalue weighted by Crippen LogP contribution is -2.52. The van der Waals surface area contributed by atoms with Crippen molar-refractivity contribution in [1.82, 2.24) is 0 Å². The van der Waals surface area contributed by atoms with Crippen LogP contribution in [0.25, 0.3) is 0 Å². The van der Waals surface area contributed by atoms with Gasteiger partial charge in [-0.25, -0.2) is 9.59 Å². The third-order valence-electron chi connectivity index (χ3n) is 4.99. The standard InChI is InChI=1S/C19H28F6O8/c1-7-14(2,3)11(26)31-8-15(4,9-32-12(27)16(5,29)18(20,21)22)10-33-13(28)17(6,30)19(23,24)25/h29-30H,7-10H2,1-6H3. The minimum Gasteiger partial charge on any atom is -0.464 e. The molecule has 0 saturated carbocycles. The third-order valence-corrected chi connectivity index (χ3v) is 4.99. The summed E-state index contributed by atoms with van der Waals surface area (Å²) in [6.07, 6.45) is -10.5. The lowest BCUT2D eigenvalue weighted by Gasteiger charge is -2.32. The quantitative estimate of drug-likeness (QED) is 0.268. The number of esters is 3. The molecule has 0 aromatic rings. The number of halogens is 6. The van der Waals surface area contributed by atoms with Gasteiger partial charge in [0.05, 0.1) is 10.8 Å². The van der Waals surface area contributed by atoms with Crippen LogP contribution in [0.3, 0.4) is 0 Å². The van der Waals surface area contributed by atoms with E-state index in [1.807, 2.05) is 0 Å². The van der Waals surface area contributed by atoms with Crippen molar-refractivity contribution in [1.29, 1.82) is 0 Å². The average Bonchev–Trinajstić information content (AvgIpc) is 2.66. The molecule has 0 fully saturated rings. The molecule has 0 spiro atoms. The van der Waals surface area contributed by atoms with E-state index >= 15 is 0 Å². The number of carbonyl (C=O) groups is 3. The van der Waals surface area contributed by atoms with Crippen molar-refractivity contribution in [3.63, 3.8) is 0 Å². The SMILES string of the molecule is CCC(C)(C)C(=O)OCC(C)(COC(=O)C(C)(O)C(F)(F)F)COC(=O)C(C)(O)C(F)(F)F. The highest BCUT2D eigenvalue weighted by molar-refractivity contribution is 5.80. The van der Waals surface area contributed by atoms with Crippen molar-refractivity contribution in [3.8, 4) is 0 Å². The number of hydrogen-bond donors (Lipinski definition) is 2. The molecule has 194 valence electrons. The molecule has 0 aliphatic heterocycles. The summed E-state index contributed by atoms with van der Waals surface area (Å²) >= 11 is 0. The van der Waals surface area contributed by atoms with Gasteiger partial charge in [0.2, 0.25) is 0 Å². The second-order valence-electron chi connectivity index (χ2n) is 8.92. The Hall–Kier alpha value is -2.09. The van der Waals surface area contributed by atoms with Crippen molar-refractivity contribution < 1.29 is 65.1 Å². The van der Waals surface area contributed by atoms with Crippen LogP contribution in [-0.4, -0.2) is 71.5 Å². The van der Waals surface area contributed by atoms with Gasteiger partial charge in [-0.15, -0.1) is 0 Å². The van der Waals surface area contributed by atoms with Gasteiger partial charge in [-0.3, -0.25) is 4.79 Å². The first-order valence-electron chi connectivity index (χ1n) is 9.54. The van der Waals surface area contributed by atoms with E-state index in [1.165, 1.54) is 13.8 Å². The first kappa shape index (κ1) is 30.9. The molecule has 2 unspecified atom stereocenters. The van der Waals surface area contributed by atoms with Gasteiger partial charge in [0.15, 0.2) is 0 Å². The van der Waals surface area contributed by atoms with Gasteiger partial charge >= 0.3 is 30.3 Å². The molecule has 2 N–H and O–H groups in total. The number of ether oxygens (including phenoxy) is 3. The molecule has 0 aliphatic carbocycles. The van der Waals surface area contributed by atoms with Gasteiger partial charge in [0.1, 0.15) is 19.8 Å². The van der Waals surface area contributed by atoms with E-state index in [-0.39, 0.29) is 13.8 Å². The summed E-state index contributed by atoms with van der Waals surface area (Å²) in [5, 5.41) is 18.7. The van der Waals surface area contributed by atoms with Crippen LogP contribution in [0.5, 0.6) is 0 Å². The molecule has 0 saturated heterocycles. The Kier molecular flexibility index (Phi) is 9.40. The van der Waals surface area contributed by atoms with Gasteiger partial charge in [-0.2, -0.15) is 26.3 Å². The van der Waals surface area contributed by atoms with E-state index in [4.69, 9.17) is 4.74 Å². The Morgan fingerprint density at radius 3 is 1.15 bits per heavy atom. The summed E-state index contributed by atoms with van der Waals surface area (Å²) < 4.78 is 90.8. The summed E-state index contributed by atoms with van der Waals surface area (Å²) in [6, 6.07) is 0. The molecule has 0 heterocycles. The smallest absolute Gasteiger partial charge is 0.427 e. The topological polar surface area (TPSA) is 119 Å². The van der Waals surface area contributed by atoms with Crippen LogP contribution in [0.1, 0.15) is 48.0 Å². The molecule has 0 aromatic carbocycles. The number of aliphatic hydroxyl groups is 2. The van der Waals surface area contributed by atoms with E-state index in [1.54, 1.807) is 6.92 Å². The normalized spacial score (nSPS) is 18.4. The lowest BCUT2D eigenvalue weighted by molar-refractivity contribution is -0.260. The summed E-state index contributed by atoms with van der Waals surface area (Å²) in [7, 11) is 0. The van der Waals surface area contributed by atoms with Crippen LogP contribution in [0.2, 0.25) is 0 Å². The molecule has 0 radical (unpaired) electrons. The maximum absolute atomic E-state index is 12.8. The van der Waals surface area contributed by atoms with Gasteiger partial charge in [-0.1, -0.05) is 6.92 Å². The van der Waals surface area contributed by atoms with E-state index < -0.39 is 72.1 Å². The van der Waals surface area contributed by atoms with Crippen LogP contribution >= 0.6 is 0 Å². The summed E-state index contributed by atoms with van der Waals surface area (Å²) in [4.78, 5) is 35.7. The first-order valence-corrected chi connectivity index (χ1v) is 9.54.